The fourth-order valence-electron chi connectivity index (χ4n) is 2.34. The molecule has 0 radical (unpaired) electrons. The number of benzene rings is 1. The minimum atomic E-state index is 0.124. The molecular weight excluding hydrogens is 272 g/mol. The standard InChI is InChI=1S/C15H16N2O2S/c1-3-10-7-14(18)17(9-10)15-16-12-6-5-11(19-4-2)8-13(12)20-15/h3,5-6,8,10H,1,4,7,9H2,2H3. The Morgan fingerprint density at radius 2 is 2.45 bits per heavy atom. The second-order valence-electron chi connectivity index (χ2n) is 4.76. The SMILES string of the molecule is C=CC1CC(=O)N(c2nc3ccc(OCC)cc3s2)C1. The van der Waals surface area contributed by atoms with Crippen LogP contribution in [-0.2, 0) is 4.79 Å². The van der Waals surface area contributed by atoms with E-state index >= 15 is 0 Å². The average molecular weight is 288 g/mol. The summed E-state index contributed by atoms with van der Waals surface area (Å²) < 4.78 is 6.53. The minimum absolute atomic E-state index is 0.124. The van der Waals surface area contributed by atoms with E-state index in [0.717, 1.165) is 21.1 Å². The first-order valence-electron chi connectivity index (χ1n) is 6.67. The van der Waals surface area contributed by atoms with Gasteiger partial charge in [-0.05, 0) is 25.1 Å². The predicted molar refractivity (Wildman–Crippen MR) is 81.4 cm³/mol. The second kappa shape index (κ2) is 5.25. The molecule has 1 saturated heterocycles. The first-order chi connectivity index (χ1) is 9.71. The highest BCUT2D eigenvalue weighted by Gasteiger charge is 2.30. The van der Waals surface area contributed by atoms with E-state index in [0.29, 0.717) is 19.6 Å². The van der Waals surface area contributed by atoms with Crippen molar-refractivity contribution in [1.82, 2.24) is 4.98 Å². The third-order valence-electron chi connectivity index (χ3n) is 3.38. The van der Waals surface area contributed by atoms with Gasteiger partial charge in [0.05, 0.1) is 16.8 Å². The Labute approximate surface area is 121 Å². The molecule has 1 amide bonds. The molecule has 1 atom stereocenters. The van der Waals surface area contributed by atoms with Crippen molar-refractivity contribution in [3.63, 3.8) is 0 Å². The molecule has 2 aromatic rings. The Bertz CT molecular complexity index is 665. The van der Waals surface area contributed by atoms with Crippen LogP contribution in [0.15, 0.2) is 30.9 Å². The van der Waals surface area contributed by atoms with E-state index in [1.54, 1.807) is 4.90 Å². The normalized spacial score (nSPS) is 18.8. The van der Waals surface area contributed by atoms with Gasteiger partial charge in [0.2, 0.25) is 5.91 Å². The van der Waals surface area contributed by atoms with E-state index in [2.05, 4.69) is 11.6 Å². The lowest BCUT2D eigenvalue weighted by atomic mass is 10.1. The maximum atomic E-state index is 12.0. The molecular formula is C15H16N2O2S. The van der Waals surface area contributed by atoms with Gasteiger partial charge in [-0.2, -0.15) is 0 Å². The van der Waals surface area contributed by atoms with Crippen LogP contribution in [0.3, 0.4) is 0 Å². The topological polar surface area (TPSA) is 42.4 Å². The van der Waals surface area contributed by atoms with Crippen molar-refractivity contribution in [1.29, 1.82) is 0 Å². The molecule has 4 nitrogen and oxygen atoms in total. The maximum absolute atomic E-state index is 12.0. The van der Waals surface area contributed by atoms with Gasteiger partial charge in [0.25, 0.3) is 0 Å². The molecule has 1 fully saturated rings. The fraction of sp³-hybridized carbons (Fsp3) is 0.333. The van der Waals surface area contributed by atoms with Gasteiger partial charge in [-0.15, -0.1) is 6.58 Å². The van der Waals surface area contributed by atoms with Crippen LogP contribution in [0.25, 0.3) is 10.2 Å². The Morgan fingerprint density at radius 3 is 3.15 bits per heavy atom. The van der Waals surface area contributed by atoms with E-state index in [4.69, 9.17) is 4.74 Å². The van der Waals surface area contributed by atoms with Crippen molar-refractivity contribution in [2.24, 2.45) is 5.92 Å². The minimum Gasteiger partial charge on any atom is -0.494 e. The zero-order valence-electron chi connectivity index (χ0n) is 11.3. The smallest absolute Gasteiger partial charge is 0.229 e. The van der Waals surface area contributed by atoms with Crippen LogP contribution in [0.1, 0.15) is 13.3 Å². The van der Waals surface area contributed by atoms with Crippen molar-refractivity contribution in [3.05, 3.63) is 30.9 Å². The van der Waals surface area contributed by atoms with Crippen molar-refractivity contribution >= 4 is 32.6 Å². The molecule has 0 aliphatic carbocycles. The number of carbonyl (C=O) groups is 1. The highest BCUT2D eigenvalue weighted by molar-refractivity contribution is 7.22. The summed E-state index contributed by atoms with van der Waals surface area (Å²) in [7, 11) is 0. The van der Waals surface area contributed by atoms with Crippen LogP contribution in [0.2, 0.25) is 0 Å². The molecule has 1 aliphatic rings. The number of carbonyl (C=O) groups excluding carboxylic acids is 1. The number of amides is 1. The number of hydrogen-bond acceptors (Lipinski definition) is 4. The fourth-order valence-corrected chi connectivity index (χ4v) is 3.36. The van der Waals surface area contributed by atoms with E-state index < -0.39 is 0 Å². The van der Waals surface area contributed by atoms with Gasteiger partial charge in [0, 0.05) is 18.9 Å². The molecule has 1 unspecified atom stereocenters. The third-order valence-corrected chi connectivity index (χ3v) is 4.42. The number of rotatable bonds is 4. The van der Waals surface area contributed by atoms with Gasteiger partial charge in [0.15, 0.2) is 5.13 Å². The molecule has 3 rings (SSSR count). The number of ether oxygens (including phenoxy) is 1. The van der Waals surface area contributed by atoms with Crippen LogP contribution < -0.4 is 9.64 Å². The van der Waals surface area contributed by atoms with Crippen molar-refractivity contribution in [2.45, 2.75) is 13.3 Å². The summed E-state index contributed by atoms with van der Waals surface area (Å²) in [5.74, 6) is 1.19. The highest BCUT2D eigenvalue weighted by atomic mass is 32.1. The Kier molecular flexibility index (Phi) is 3.44. The summed E-state index contributed by atoms with van der Waals surface area (Å²) in [6.07, 6.45) is 2.38. The van der Waals surface area contributed by atoms with E-state index in [1.165, 1.54) is 11.3 Å². The van der Waals surface area contributed by atoms with Crippen molar-refractivity contribution in [2.75, 3.05) is 18.1 Å². The summed E-state index contributed by atoms with van der Waals surface area (Å²) in [6.45, 7) is 7.05. The molecule has 1 aliphatic heterocycles. The molecule has 0 bridgehead atoms. The molecule has 0 spiro atoms. The van der Waals surface area contributed by atoms with Crippen LogP contribution in [0.5, 0.6) is 5.75 Å². The number of aromatic nitrogens is 1. The molecule has 104 valence electrons. The molecule has 20 heavy (non-hydrogen) atoms. The van der Waals surface area contributed by atoms with Crippen molar-refractivity contribution < 1.29 is 9.53 Å². The lowest BCUT2D eigenvalue weighted by Crippen LogP contribution is -2.23. The number of hydrogen-bond donors (Lipinski definition) is 0. The molecule has 1 aromatic carbocycles. The first-order valence-corrected chi connectivity index (χ1v) is 7.49. The number of thiazole rings is 1. The van der Waals surface area contributed by atoms with Crippen LogP contribution in [0, 0.1) is 5.92 Å². The summed E-state index contributed by atoms with van der Waals surface area (Å²) in [6, 6.07) is 5.82. The first kappa shape index (κ1) is 13.1. The molecule has 5 heteroatoms. The molecule has 1 aromatic heterocycles. The average Bonchev–Trinajstić information content (AvgIpc) is 3.01. The highest BCUT2D eigenvalue weighted by Crippen LogP contribution is 2.34. The molecule has 0 N–H and O–H groups in total. The van der Waals surface area contributed by atoms with E-state index in [9.17, 15) is 4.79 Å². The van der Waals surface area contributed by atoms with Gasteiger partial charge in [-0.25, -0.2) is 4.98 Å². The van der Waals surface area contributed by atoms with Gasteiger partial charge in [0.1, 0.15) is 5.75 Å². The number of anilines is 1. The lowest BCUT2D eigenvalue weighted by Gasteiger charge is -2.11. The Morgan fingerprint density at radius 1 is 1.60 bits per heavy atom. The Hall–Kier alpha value is -1.88. The monoisotopic (exact) mass is 288 g/mol. The number of fused-ring (bicyclic) bond motifs is 1. The maximum Gasteiger partial charge on any atom is 0.229 e. The summed E-state index contributed by atoms with van der Waals surface area (Å²) >= 11 is 1.53. The Balaban J connectivity index is 1.93. The third kappa shape index (κ3) is 2.29. The summed E-state index contributed by atoms with van der Waals surface area (Å²) in [5.41, 5.74) is 0.906. The molecule has 2 heterocycles. The largest absolute Gasteiger partial charge is 0.494 e. The molecule has 0 saturated carbocycles. The van der Waals surface area contributed by atoms with Gasteiger partial charge >= 0.3 is 0 Å². The zero-order chi connectivity index (χ0) is 14.1. The lowest BCUT2D eigenvalue weighted by molar-refractivity contribution is -0.117. The summed E-state index contributed by atoms with van der Waals surface area (Å²) in [5, 5.41) is 0.767. The van der Waals surface area contributed by atoms with E-state index in [1.807, 2.05) is 31.2 Å². The van der Waals surface area contributed by atoms with Gasteiger partial charge in [-0.1, -0.05) is 17.4 Å². The second-order valence-corrected chi connectivity index (χ2v) is 5.77. The number of nitrogens with zero attached hydrogens (tertiary/aromatic N) is 2. The zero-order valence-corrected chi connectivity index (χ0v) is 12.2. The van der Waals surface area contributed by atoms with Crippen LogP contribution in [-0.4, -0.2) is 24.0 Å². The predicted octanol–water partition coefficient (Wildman–Crippen LogP) is 3.23. The van der Waals surface area contributed by atoms with Crippen molar-refractivity contribution in [3.8, 4) is 5.75 Å². The van der Waals surface area contributed by atoms with Gasteiger partial charge in [-0.3, -0.25) is 9.69 Å². The summed E-state index contributed by atoms with van der Waals surface area (Å²) in [4.78, 5) is 18.3. The van der Waals surface area contributed by atoms with Gasteiger partial charge < -0.3 is 4.74 Å². The van der Waals surface area contributed by atoms with Crippen LogP contribution >= 0.6 is 11.3 Å². The van der Waals surface area contributed by atoms with Crippen LogP contribution in [0.4, 0.5) is 5.13 Å². The quantitative estimate of drug-likeness (QED) is 0.811. The van der Waals surface area contributed by atoms with E-state index in [-0.39, 0.29) is 11.8 Å².